The van der Waals surface area contributed by atoms with Crippen molar-refractivity contribution in [2.75, 3.05) is 14.2 Å². The van der Waals surface area contributed by atoms with Crippen LogP contribution in [0.3, 0.4) is 0 Å². The highest BCUT2D eigenvalue weighted by molar-refractivity contribution is 5.87. The standard InChI is InChI=1S/C16H18N2O3/c1-20-12-7-6-11-4-3-5-14(13(11)8-12)18-10-17-9-15(18)16(19)21-2/h6-10,14H,3-5H2,1-2H3. The number of ether oxygens (including phenoxy) is 2. The van der Waals surface area contributed by atoms with Gasteiger partial charge in [-0.1, -0.05) is 6.07 Å². The molecule has 1 heterocycles. The van der Waals surface area contributed by atoms with Crippen LogP contribution in [0.2, 0.25) is 0 Å². The number of carbonyl (C=O) groups is 1. The molecule has 1 aliphatic carbocycles. The Morgan fingerprint density at radius 2 is 2.24 bits per heavy atom. The number of aryl methyl sites for hydroxylation is 1. The summed E-state index contributed by atoms with van der Waals surface area (Å²) in [6.45, 7) is 0. The largest absolute Gasteiger partial charge is 0.497 e. The molecule has 0 aliphatic heterocycles. The summed E-state index contributed by atoms with van der Waals surface area (Å²) in [5.41, 5.74) is 2.98. The summed E-state index contributed by atoms with van der Waals surface area (Å²) in [6.07, 6.45) is 6.37. The molecule has 0 saturated carbocycles. The van der Waals surface area contributed by atoms with E-state index in [4.69, 9.17) is 9.47 Å². The van der Waals surface area contributed by atoms with E-state index >= 15 is 0 Å². The van der Waals surface area contributed by atoms with Gasteiger partial charge in [0.2, 0.25) is 0 Å². The number of nitrogens with zero attached hydrogens (tertiary/aromatic N) is 2. The van der Waals surface area contributed by atoms with Crippen LogP contribution < -0.4 is 4.74 Å². The summed E-state index contributed by atoms with van der Waals surface area (Å²) in [5, 5.41) is 0. The Bertz CT molecular complexity index is 663. The maximum absolute atomic E-state index is 11.9. The van der Waals surface area contributed by atoms with Crippen LogP contribution in [0, 0.1) is 0 Å². The number of methoxy groups -OCH3 is 2. The highest BCUT2D eigenvalue weighted by atomic mass is 16.5. The van der Waals surface area contributed by atoms with Crippen molar-refractivity contribution in [1.82, 2.24) is 9.55 Å². The van der Waals surface area contributed by atoms with E-state index in [1.165, 1.54) is 18.2 Å². The maximum Gasteiger partial charge on any atom is 0.356 e. The van der Waals surface area contributed by atoms with Gasteiger partial charge in [-0.05, 0) is 42.5 Å². The third-order valence-corrected chi connectivity index (χ3v) is 4.03. The van der Waals surface area contributed by atoms with Gasteiger partial charge in [0.1, 0.15) is 11.4 Å². The molecule has 0 saturated heterocycles. The second-order valence-corrected chi connectivity index (χ2v) is 5.15. The molecule has 3 rings (SSSR count). The molecule has 0 fully saturated rings. The van der Waals surface area contributed by atoms with Gasteiger partial charge in [-0.3, -0.25) is 0 Å². The number of hydrogen-bond donors (Lipinski definition) is 0. The van der Waals surface area contributed by atoms with Crippen LogP contribution in [-0.2, 0) is 11.2 Å². The lowest BCUT2D eigenvalue weighted by Gasteiger charge is -2.28. The number of imidazole rings is 1. The summed E-state index contributed by atoms with van der Waals surface area (Å²) in [4.78, 5) is 16.0. The highest BCUT2D eigenvalue weighted by Crippen LogP contribution is 2.35. The fourth-order valence-corrected chi connectivity index (χ4v) is 2.98. The van der Waals surface area contributed by atoms with E-state index in [-0.39, 0.29) is 12.0 Å². The van der Waals surface area contributed by atoms with Crippen molar-refractivity contribution in [3.05, 3.63) is 47.5 Å². The summed E-state index contributed by atoms with van der Waals surface area (Å²) in [6, 6.07) is 6.24. The fraction of sp³-hybridized carbons (Fsp3) is 0.375. The SMILES string of the molecule is COC(=O)c1cncn1C1CCCc2ccc(OC)cc21. The predicted octanol–water partition coefficient (Wildman–Crippen LogP) is 2.60. The Kier molecular flexibility index (Phi) is 3.64. The van der Waals surface area contributed by atoms with Gasteiger partial charge in [0.25, 0.3) is 0 Å². The van der Waals surface area contributed by atoms with Gasteiger partial charge in [0.05, 0.1) is 32.8 Å². The van der Waals surface area contributed by atoms with Crippen molar-refractivity contribution >= 4 is 5.97 Å². The maximum atomic E-state index is 11.9. The van der Waals surface area contributed by atoms with E-state index in [0.717, 1.165) is 25.0 Å². The molecule has 0 bridgehead atoms. The monoisotopic (exact) mass is 286 g/mol. The van der Waals surface area contributed by atoms with E-state index in [1.807, 2.05) is 10.6 Å². The number of esters is 1. The Hall–Kier alpha value is -2.30. The quantitative estimate of drug-likeness (QED) is 0.814. The molecule has 1 aliphatic rings. The molecule has 1 aromatic heterocycles. The summed E-state index contributed by atoms with van der Waals surface area (Å²) in [7, 11) is 3.05. The Morgan fingerprint density at radius 3 is 3.00 bits per heavy atom. The first-order valence-electron chi connectivity index (χ1n) is 7.01. The van der Waals surface area contributed by atoms with Crippen LogP contribution in [0.1, 0.15) is 40.5 Å². The van der Waals surface area contributed by atoms with Crippen molar-refractivity contribution in [3.8, 4) is 5.75 Å². The van der Waals surface area contributed by atoms with Gasteiger partial charge in [0.15, 0.2) is 0 Å². The number of hydrogen-bond acceptors (Lipinski definition) is 4. The molecule has 0 amide bonds. The fourth-order valence-electron chi connectivity index (χ4n) is 2.98. The molecule has 1 unspecified atom stereocenters. The zero-order valence-electron chi connectivity index (χ0n) is 12.2. The number of rotatable bonds is 3. The van der Waals surface area contributed by atoms with Crippen molar-refractivity contribution in [2.24, 2.45) is 0 Å². The van der Waals surface area contributed by atoms with Crippen molar-refractivity contribution in [3.63, 3.8) is 0 Å². The molecule has 0 N–H and O–H groups in total. The second-order valence-electron chi connectivity index (χ2n) is 5.15. The van der Waals surface area contributed by atoms with E-state index in [0.29, 0.717) is 5.69 Å². The van der Waals surface area contributed by atoms with E-state index < -0.39 is 0 Å². The van der Waals surface area contributed by atoms with Crippen molar-refractivity contribution in [2.45, 2.75) is 25.3 Å². The first-order chi connectivity index (χ1) is 10.2. The number of fused-ring (bicyclic) bond motifs is 1. The number of aromatic nitrogens is 2. The second kappa shape index (κ2) is 5.60. The molecular weight excluding hydrogens is 268 g/mol. The topological polar surface area (TPSA) is 53.3 Å². The van der Waals surface area contributed by atoms with E-state index in [1.54, 1.807) is 19.6 Å². The number of benzene rings is 1. The zero-order chi connectivity index (χ0) is 14.8. The highest BCUT2D eigenvalue weighted by Gasteiger charge is 2.26. The van der Waals surface area contributed by atoms with Crippen molar-refractivity contribution < 1.29 is 14.3 Å². The molecule has 5 nitrogen and oxygen atoms in total. The van der Waals surface area contributed by atoms with Gasteiger partial charge < -0.3 is 14.0 Å². The normalized spacial score (nSPS) is 17.1. The molecule has 5 heteroatoms. The molecule has 0 spiro atoms. The van der Waals surface area contributed by atoms with Crippen LogP contribution >= 0.6 is 0 Å². The van der Waals surface area contributed by atoms with Crippen LogP contribution in [0.15, 0.2) is 30.7 Å². The Balaban J connectivity index is 2.06. The van der Waals surface area contributed by atoms with Gasteiger partial charge in [-0.25, -0.2) is 9.78 Å². The summed E-state index contributed by atoms with van der Waals surface area (Å²) >= 11 is 0. The lowest BCUT2D eigenvalue weighted by Crippen LogP contribution is -2.20. The lowest BCUT2D eigenvalue weighted by atomic mass is 9.87. The van der Waals surface area contributed by atoms with Gasteiger partial charge >= 0.3 is 5.97 Å². The third kappa shape index (κ3) is 2.39. The van der Waals surface area contributed by atoms with E-state index in [2.05, 4.69) is 17.1 Å². The van der Waals surface area contributed by atoms with Gasteiger partial charge in [0, 0.05) is 0 Å². The Labute approximate surface area is 123 Å². The first kappa shape index (κ1) is 13.7. The molecule has 1 atom stereocenters. The van der Waals surface area contributed by atoms with Crippen LogP contribution in [0.25, 0.3) is 0 Å². The van der Waals surface area contributed by atoms with Crippen LogP contribution in [-0.4, -0.2) is 29.7 Å². The Morgan fingerprint density at radius 1 is 1.38 bits per heavy atom. The summed E-state index contributed by atoms with van der Waals surface area (Å²) < 4.78 is 12.1. The minimum Gasteiger partial charge on any atom is -0.497 e. The van der Waals surface area contributed by atoms with E-state index in [9.17, 15) is 4.79 Å². The van der Waals surface area contributed by atoms with Crippen molar-refractivity contribution in [1.29, 1.82) is 0 Å². The third-order valence-electron chi connectivity index (χ3n) is 4.03. The van der Waals surface area contributed by atoms with Gasteiger partial charge in [-0.15, -0.1) is 0 Å². The average Bonchev–Trinajstić information content (AvgIpc) is 3.02. The molecule has 110 valence electrons. The number of carbonyl (C=O) groups excluding carboxylic acids is 1. The lowest BCUT2D eigenvalue weighted by molar-refractivity contribution is 0.0586. The molecule has 21 heavy (non-hydrogen) atoms. The molecule has 2 aromatic rings. The van der Waals surface area contributed by atoms with Gasteiger partial charge in [-0.2, -0.15) is 0 Å². The summed E-state index contributed by atoms with van der Waals surface area (Å²) in [5.74, 6) is 0.475. The smallest absolute Gasteiger partial charge is 0.356 e. The predicted molar refractivity (Wildman–Crippen MR) is 77.6 cm³/mol. The minimum atomic E-state index is -0.359. The molecule has 0 radical (unpaired) electrons. The zero-order valence-corrected chi connectivity index (χ0v) is 12.2. The average molecular weight is 286 g/mol. The van der Waals surface area contributed by atoms with Crippen LogP contribution in [0.4, 0.5) is 0 Å². The molecular formula is C16H18N2O3. The first-order valence-corrected chi connectivity index (χ1v) is 7.01. The van der Waals surface area contributed by atoms with Crippen LogP contribution in [0.5, 0.6) is 5.75 Å². The molecule has 1 aromatic carbocycles. The minimum absolute atomic E-state index is 0.0976.